The fourth-order valence-electron chi connectivity index (χ4n) is 3.47. The second kappa shape index (κ2) is 10.5. The summed E-state index contributed by atoms with van der Waals surface area (Å²) >= 11 is 6.09. The van der Waals surface area contributed by atoms with Crippen molar-refractivity contribution in [2.45, 2.75) is 32.9 Å². The van der Waals surface area contributed by atoms with Crippen molar-refractivity contribution in [2.24, 2.45) is 0 Å². The van der Waals surface area contributed by atoms with Gasteiger partial charge in [0.2, 0.25) is 0 Å². The third-order valence-electron chi connectivity index (χ3n) is 5.41. The van der Waals surface area contributed by atoms with Gasteiger partial charge in [0.15, 0.2) is 5.82 Å². The molecule has 0 aliphatic heterocycles. The number of carbonyl (C=O) groups is 1. The summed E-state index contributed by atoms with van der Waals surface area (Å²) in [7, 11) is 0. The molecule has 0 unspecified atom stereocenters. The largest absolute Gasteiger partial charge is 0.489 e. The van der Waals surface area contributed by atoms with Crippen LogP contribution < -0.4 is 10.1 Å². The van der Waals surface area contributed by atoms with Crippen molar-refractivity contribution in [2.75, 3.05) is 5.32 Å². The van der Waals surface area contributed by atoms with Gasteiger partial charge >= 0.3 is 0 Å². The molecule has 7 heteroatoms. The number of benzene rings is 3. The van der Waals surface area contributed by atoms with Gasteiger partial charge in [0.25, 0.3) is 5.91 Å². The van der Waals surface area contributed by atoms with Crippen LogP contribution in [-0.4, -0.2) is 15.7 Å². The SMILES string of the molecule is CC(C)c1ccc(OCc2cccc(C(=O)Nc3ccn(Cc4c(F)cccc4Cl)n3)c2)cc1. The van der Waals surface area contributed by atoms with Crippen LogP contribution in [0.1, 0.15) is 46.8 Å². The first-order valence-electron chi connectivity index (χ1n) is 11.0. The van der Waals surface area contributed by atoms with Crippen molar-refractivity contribution >= 4 is 23.3 Å². The maximum atomic E-state index is 14.0. The average molecular weight is 478 g/mol. The van der Waals surface area contributed by atoms with Crippen LogP contribution in [0.4, 0.5) is 10.2 Å². The van der Waals surface area contributed by atoms with Crippen molar-refractivity contribution in [3.63, 3.8) is 0 Å². The number of nitrogens with one attached hydrogen (secondary N) is 1. The van der Waals surface area contributed by atoms with E-state index in [9.17, 15) is 9.18 Å². The number of ether oxygens (including phenoxy) is 1. The van der Waals surface area contributed by atoms with E-state index in [1.807, 2.05) is 24.3 Å². The number of aromatic nitrogens is 2. The Morgan fingerprint density at radius 1 is 1.09 bits per heavy atom. The molecule has 0 atom stereocenters. The van der Waals surface area contributed by atoms with E-state index in [4.69, 9.17) is 16.3 Å². The lowest BCUT2D eigenvalue weighted by atomic mass is 10.0. The van der Waals surface area contributed by atoms with E-state index < -0.39 is 5.82 Å². The molecule has 174 valence electrons. The molecule has 5 nitrogen and oxygen atoms in total. The molecular formula is C27H25ClFN3O2. The number of carbonyl (C=O) groups excluding carboxylic acids is 1. The minimum absolute atomic E-state index is 0.159. The van der Waals surface area contributed by atoms with E-state index in [1.165, 1.54) is 16.3 Å². The van der Waals surface area contributed by atoms with Crippen LogP contribution in [0.2, 0.25) is 5.02 Å². The van der Waals surface area contributed by atoms with Crippen LogP contribution in [0.3, 0.4) is 0 Å². The van der Waals surface area contributed by atoms with E-state index in [-0.39, 0.29) is 12.5 Å². The highest BCUT2D eigenvalue weighted by molar-refractivity contribution is 6.31. The van der Waals surface area contributed by atoms with Crippen LogP contribution in [0.15, 0.2) is 79.0 Å². The molecule has 1 heterocycles. The van der Waals surface area contributed by atoms with E-state index in [1.54, 1.807) is 36.5 Å². The molecule has 0 saturated heterocycles. The number of anilines is 1. The summed E-state index contributed by atoms with van der Waals surface area (Å²) in [6.07, 6.45) is 1.66. The highest BCUT2D eigenvalue weighted by Crippen LogP contribution is 2.21. The molecule has 0 aliphatic rings. The summed E-state index contributed by atoms with van der Waals surface area (Å²) < 4.78 is 21.4. The molecule has 0 bridgehead atoms. The Hall–Kier alpha value is -3.64. The lowest BCUT2D eigenvalue weighted by Gasteiger charge is -2.10. The van der Waals surface area contributed by atoms with E-state index in [0.29, 0.717) is 34.5 Å². The number of hydrogen-bond donors (Lipinski definition) is 1. The normalized spacial score (nSPS) is 11.0. The quantitative estimate of drug-likeness (QED) is 0.308. The lowest BCUT2D eigenvalue weighted by molar-refractivity contribution is 0.102. The summed E-state index contributed by atoms with van der Waals surface area (Å²) in [4.78, 5) is 12.7. The van der Waals surface area contributed by atoms with E-state index >= 15 is 0 Å². The van der Waals surface area contributed by atoms with Crippen molar-refractivity contribution in [3.05, 3.63) is 112 Å². The van der Waals surface area contributed by atoms with Gasteiger partial charge in [-0.25, -0.2) is 4.39 Å². The van der Waals surface area contributed by atoms with Gasteiger partial charge in [0.1, 0.15) is 18.2 Å². The molecule has 0 radical (unpaired) electrons. The predicted molar refractivity (Wildman–Crippen MR) is 132 cm³/mol. The zero-order valence-electron chi connectivity index (χ0n) is 19.0. The van der Waals surface area contributed by atoms with Crippen LogP contribution in [0.25, 0.3) is 0 Å². The molecule has 34 heavy (non-hydrogen) atoms. The topological polar surface area (TPSA) is 56.1 Å². The zero-order chi connectivity index (χ0) is 24.1. The Labute approximate surface area is 203 Å². The summed E-state index contributed by atoms with van der Waals surface area (Å²) in [5, 5.41) is 7.41. The van der Waals surface area contributed by atoms with Gasteiger partial charge in [0.05, 0.1) is 6.54 Å². The smallest absolute Gasteiger partial charge is 0.256 e. The highest BCUT2D eigenvalue weighted by Gasteiger charge is 2.12. The van der Waals surface area contributed by atoms with Gasteiger partial charge in [-0.1, -0.05) is 55.8 Å². The Balaban J connectivity index is 1.37. The average Bonchev–Trinajstić information content (AvgIpc) is 3.27. The fourth-order valence-corrected chi connectivity index (χ4v) is 3.69. The van der Waals surface area contributed by atoms with Gasteiger partial charge in [-0.3, -0.25) is 9.48 Å². The zero-order valence-corrected chi connectivity index (χ0v) is 19.7. The molecule has 1 N–H and O–H groups in total. The lowest BCUT2D eigenvalue weighted by Crippen LogP contribution is -2.13. The van der Waals surface area contributed by atoms with Gasteiger partial charge in [0, 0.05) is 28.4 Å². The van der Waals surface area contributed by atoms with Gasteiger partial charge < -0.3 is 10.1 Å². The molecule has 1 amide bonds. The maximum absolute atomic E-state index is 14.0. The van der Waals surface area contributed by atoms with Crippen molar-refractivity contribution in [3.8, 4) is 5.75 Å². The molecule has 0 aliphatic carbocycles. The summed E-state index contributed by atoms with van der Waals surface area (Å²) in [6.45, 7) is 4.80. The van der Waals surface area contributed by atoms with Crippen LogP contribution in [0.5, 0.6) is 5.75 Å². The Morgan fingerprint density at radius 3 is 2.59 bits per heavy atom. The minimum Gasteiger partial charge on any atom is -0.489 e. The second-order valence-electron chi connectivity index (χ2n) is 8.27. The number of rotatable bonds is 8. The minimum atomic E-state index is -0.400. The van der Waals surface area contributed by atoms with Crippen LogP contribution >= 0.6 is 11.6 Å². The van der Waals surface area contributed by atoms with Gasteiger partial charge in [-0.15, -0.1) is 0 Å². The number of nitrogens with zero attached hydrogens (tertiary/aromatic N) is 2. The maximum Gasteiger partial charge on any atom is 0.256 e. The molecule has 3 aromatic carbocycles. The van der Waals surface area contributed by atoms with Crippen LogP contribution in [-0.2, 0) is 13.2 Å². The molecule has 0 spiro atoms. The fraction of sp³-hybridized carbons (Fsp3) is 0.185. The third-order valence-corrected chi connectivity index (χ3v) is 5.76. The first-order chi connectivity index (χ1) is 16.4. The standard InChI is InChI=1S/C27H25ClFN3O2/c1-18(2)20-9-11-22(12-10-20)34-17-19-5-3-6-21(15-19)27(33)30-26-13-14-32(31-26)16-23-24(28)7-4-8-25(23)29/h3-15,18H,16-17H2,1-2H3,(H,30,31,33). The monoisotopic (exact) mass is 477 g/mol. The summed E-state index contributed by atoms with van der Waals surface area (Å²) in [5.41, 5.74) is 2.96. The number of halogens is 2. The first kappa shape index (κ1) is 23.5. The number of amides is 1. The Bertz CT molecular complexity index is 1270. The predicted octanol–water partition coefficient (Wildman–Crippen LogP) is 6.68. The van der Waals surface area contributed by atoms with Gasteiger partial charge in [-0.05, 0) is 53.4 Å². The molecule has 4 rings (SSSR count). The second-order valence-corrected chi connectivity index (χ2v) is 8.67. The molecule has 1 aromatic heterocycles. The van der Waals surface area contributed by atoms with Crippen molar-refractivity contribution in [1.82, 2.24) is 9.78 Å². The summed E-state index contributed by atoms with van der Waals surface area (Å²) in [5.74, 6) is 0.915. The van der Waals surface area contributed by atoms with Gasteiger partial charge in [-0.2, -0.15) is 5.10 Å². The van der Waals surface area contributed by atoms with Crippen molar-refractivity contribution in [1.29, 1.82) is 0 Å². The van der Waals surface area contributed by atoms with Crippen molar-refractivity contribution < 1.29 is 13.9 Å². The third kappa shape index (κ3) is 5.83. The molecular weight excluding hydrogens is 453 g/mol. The molecule has 0 fully saturated rings. The van der Waals surface area contributed by atoms with E-state index in [2.05, 4.69) is 36.4 Å². The molecule has 4 aromatic rings. The Morgan fingerprint density at radius 2 is 1.85 bits per heavy atom. The Kier molecular flexibility index (Phi) is 7.28. The first-order valence-corrected chi connectivity index (χ1v) is 11.4. The molecule has 0 saturated carbocycles. The van der Waals surface area contributed by atoms with E-state index in [0.717, 1.165) is 11.3 Å². The summed E-state index contributed by atoms with van der Waals surface area (Å²) in [6, 6.07) is 21.5. The number of hydrogen-bond acceptors (Lipinski definition) is 3. The highest BCUT2D eigenvalue weighted by atomic mass is 35.5. The van der Waals surface area contributed by atoms with Crippen LogP contribution in [0, 0.1) is 5.82 Å².